The normalized spacial score (nSPS) is 25.2. The summed E-state index contributed by atoms with van der Waals surface area (Å²) in [6, 6.07) is 0. The maximum absolute atomic E-state index is 4.36. The molecule has 0 amide bonds. The van der Waals surface area contributed by atoms with Crippen LogP contribution < -0.4 is 5.32 Å². The van der Waals surface area contributed by atoms with Gasteiger partial charge in [-0.05, 0) is 19.1 Å². The van der Waals surface area contributed by atoms with E-state index in [-0.39, 0.29) is 0 Å². The molecule has 0 aromatic rings. The highest BCUT2D eigenvalue weighted by Crippen LogP contribution is 2.46. The number of hydrogen-bond donors (Lipinski definition) is 1. The lowest BCUT2D eigenvalue weighted by Gasteiger charge is -2.12. The lowest BCUT2D eigenvalue weighted by Crippen LogP contribution is -2.29. The molecular weight excluding hydrogens is 188 g/mol. The maximum atomic E-state index is 4.36. The Morgan fingerprint density at radius 3 is 3.00 bits per heavy atom. The van der Waals surface area contributed by atoms with E-state index in [2.05, 4.69) is 16.6 Å². The number of nitrogens with one attached hydrogen (secondary N) is 1. The molecule has 1 N–H and O–H groups in total. The molecule has 0 aromatic heterocycles. The summed E-state index contributed by atoms with van der Waals surface area (Å²) in [5, 5.41) is 4.59. The molecule has 2 nitrogen and oxygen atoms in total. The molecule has 1 heterocycles. The van der Waals surface area contributed by atoms with Gasteiger partial charge < -0.3 is 5.32 Å². The largest absolute Gasteiger partial charge is 0.364 e. The van der Waals surface area contributed by atoms with Gasteiger partial charge in [0.25, 0.3) is 0 Å². The molecule has 12 heavy (non-hydrogen) atoms. The summed E-state index contributed by atoms with van der Waals surface area (Å²) in [4.78, 5) is 4.36. The van der Waals surface area contributed by atoms with Gasteiger partial charge in [0.2, 0.25) is 0 Å². The molecule has 68 valence electrons. The topological polar surface area (TPSA) is 24.4 Å². The molecule has 0 aromatic carbocycles. The van der Waals surface area contributed by atoms with Crippen LogP contribution >= 0.6 is 23.5 Å². The molecule has 0 spiro atoms. The van der Waals surface area contributed by atoms with Gasteiger partial charge in [-0.3, -0.25) is 4.99 Å². The van der Waals surface area contributed by atoms with Crippen molar-refractivity contribution >= 4 is 28.7 Å². The molecule has 0 saturated heterocycles. The Kier molecular flexibility index (Phi) is 2.55. The van der Waals surface area contributed by atoms with E-state index in [1.807, 2.05) is 23.5 Å². The van der Waals surface area contributed by atoms with Gasteiger partial charge >= 0.3 is 0 Å². The van der Waals surface area contributed by atoms with Crippen LogP contribution in [0.1, 0.15) is 12.8 Å². The third-order valence-electron chi connectivity index (χ3n) is 2.39. The fourth-order valence-corrected chi connectivity index (χ4v) is 2.73. The molecule has 1 aliphatic carbocycles. The van der Waals surface area contributed by atoms with E-state index in [9.17, 15) is 0 Å². The lowest BCUT2D eigenvalue weighted by atomic mass is 10.4. The maximum Gasteiger partial charge on any atom is 0.156 e. The van der Waals surface area contributed by atoms with Crippen molar-refractivity contribution in [3.8, 4) is 0 Å². The Morgan fingerprint density at radius 2 is 2.50 bits per heavy atom. The van der Waals surface area contributed by atoms with Crippen molar-refractivity contribution in [3.63, 3.8) is 0 Å². The smallest absolute Gasteiger partial charge is 0.156 e. The van der Waals surface area contributed by atoms with Crippen molar-refractivity contribution in [1.29, 1.82) is 0 Å². The number of aliphatic imine (C=N–C) groups is 1. The van der Waals surface area contributed by atoms with E-state index in [1.54, 1.807) is 0 Å². The molecule has 1 saturated carbocycles. The predicted octanol–water partition coefficient (Wildman–Crippen LogP) is 1.57. The zero-order chi connectivity index (χ0) is 8.44. The molecule has 0 unspecified atom stereocenters. The predicted molar refractivity (Wildman–Crippen MR) is 58.2 cm³/mol. The van der Waals surface area contributed by atoms with E-state index in [4.69, 9.17) is 0 Å². The second-order valence-electron chi connectivity index (χ2n) is 3.28. The minimum absolute atomic E-state index is 0.561. The Morgan fingerprint density at radius 1 is 1.67 bits per heavy atom. The van der Waals surface area contributed by atoms with Crippen molar-refractivity contribution < 1.29 is 0 Å². The number of amidine groups is 1. The van der Waals surface area contributed by atoms with E-state index in [1.165, 1.54) is 12.8 Å². The summed E-state index contributed by atoms with van der Waals surface area (Å²) >= 11 is 3.85. The minimum Gasteiger partial charge on any atom is -0.364 e. The average molecular weight is 202 g/mol. The van der Waals surface area contributed by atoms with E-state index in [0.29, 0.717) is 4.75 Å². The van der Waals surface area contributed by atoms with Crippen LogP contribution in [0.4, 0.5) is 0 Å². The first-order chi connectivity index (χ1) is 5.85. The summed E-state index contributed by atoms with van der Waals surface area (Å²) in [6.45, 7) is 2.11. The SMILES string of the molecule is CSC1(CNC2=NCCS2)CC1. The van der Waals surface area contributed by atoms with E-state index < -0.39 is 0 Å². The van der Waals surface area contributed by atoms with Gasteiger partial charge in [-0.15, -0.1) is 0 Å². The van der Waals surface area contributed by atoms with Crippen molar-refractivity contribution in [2.75, 3.05) is 25.1 Å². The average Bonchev–Trinajstić information content (AvgIpc) is 2.70. The van der Waals surface area contributed by atoms with Gasteiger partial charge in [0.05, 0.1) is 6.54 Å². The molecule has 1 aliphatic heterocycles. The fourth-order valence-electron chi connectivity index (χ4n) is 1.27. The van der Waals surface area contributed by atoms with Gasteiger partial charge in [0, 0.05) is 17.0 Å². The molecule has 2 aliphatic rings. The van der Waals surface area contributed by atoms with Crippen molar-refractivity contribution in [1.82, 2.24) is 5.32 Å². The van der Waals surface area contributed by atoms with Crippen molar-refractivity contribution in [3.05, 3.63) is 0 Å². The molecule has 2 rings (SSSR count). The Balaban J connectivity index is 1.74. The van der Waals surface area contributed by atoms with Crippen LogP contribution in [0.3, 0.4) is 0 Å². The quantitative estimate of drug-likeness (QED) is 0.752. The van der Waals surface area contributed by atoms with Crippen LogP contribution in [0.15, 0.2) is 4.99 Å². The third-order valence-corrected chi connectivity index (χ3v) is 4.74. The highest BCUT2D eigenvalue weighted by atomic mass is 32.2. The number of nitrogens with zero attached hydrogens (tertiary/aromatic N) is 1. The van der Waals surface area contributed by atoms with Crippen LogP contribution in [-0.4, -0.2) is 35.0 Å². The summed E-state index contributed by atoms with van der Waals surface area (Å²) in [5.74, 6) is 1.16. The first kappa shape index (κ1) is 8.75. The summed E-state index contributed by atoms with van der Waals surface area (Å²) < 4.78 is 0.561. The fraction of sp³-hybridized carbons (Fsp3) is 0.875. The number of hydrogen-bond acceptors (Lipinski definition) is 4. The number of rotatable bonds is 3. The van der Waals surface area contributed by atoms with Crippen LogP contribution in [0.25, 0.3) is 0 Å². The zero-order valence-electron chi connectivity index (χ0n) is 7.30. The molecule has 4 heteroatoms. The van der Waals surface area contributed by atoms with E-state index >= 15 is 0 Å². The van der Waals surface area contributed by atoms with Crippen LogP contribution in [-0.2, 0) is 0 Å². The third kappa shape index (κ3) is 1.91. The standard InChI is InChI=1S/C8H14N2S2/c1-11-8(2-3-8)6-10-7-9-4-5-12-7/h2-6H2,1H3,(H,9,10). The Labute approximate surface area is 82.0 Å². The zero-order valence-corrected chi connectivity index (χ0v) is 8.93. The minimum atomic E-state index is 0.561. The van der Waals surface area contributed by atoms with Gasteiger partial charge in [0.15, 0.2) is 5.17 Å². The highest BCUT2D eigenvalue weighted by molar-refractivity contribution is 8.14. The first-order valence-electron chi connectivity index (χ1n) is 4.31. The number of thioether (sulfide) groups is 2. The van der Waals surface area contributed by atoms with Crippen LogP contribution in [0, 0.1) is 0 Å². The lowest BCUT2D eigenvalue weighted by molar-refractivity contribution is 0.822. The second-order valence-corrected chi connectivity index (χ2v) is 5.63. The molecule has 0 radical (unpaired) electrons. The van der Waals surface area contributed by atoms with Crippen LogP contribution in [0.5, 0.6) is 0 Å². The molecular formula is C8H14N2S2. The van der Waals surface area contributed by atoms with Gasteiger partial charge in [-0.25, -0.2) is 0 Å². The Bertz CT molecular complexity index is 199. The van der Waals surface area contributed by atoms with E-state index in [0.717, 1.165) is 24.0 Å². The molecule has 1 fully saturated rings. The molecule has 0 atom stereocenters. The monoisotopic (exact) mass is 202 g/mol. The van der Waals surface area contributed by atoms with Crippen LogP contribution in [0.2, 0.25) is 0 Å². The van der Waals surface area contributed by atoms with Crippen molar-refractivity contribution in [2.24, 2.45) is 4.99 Å². The van der Waals surface area contributed by atoms with Gasteiger partial charge in [0.1, 0.15) is 0 Å². The summed E-state index contributed by atoms with van der Waals surface area (Å²) in [5.41, 5.74) is 0. The first-order valence-corrected chi connectivity index (χ1v) is 6.52. The molecule has 0 bridgehead atoms. The van der Waals surface area contributed by atoms with Gasteiger partial charge in [-0.1, -0.05) is 11.8 Å². The summed E-state index contributed by atoms with van der Waals surface area (Å²) in [6.07, 6.45) is 4.95. The van der Waals surface area contributed by atoms with Gasteiger partial charge in [-0.2, -0.15) is 11.8 Å². The highest BCUT2D eigenvalue weighted by Gasteiger charge is 2.41. The Hall–Kier alpha value is 0.170. The second kappa shape index (κ2) is 3.50. The van der Waals surface area contributed by atoms with Crippen molar-refractivity contribution in [2.45, 2.75) is 17.6 Å². The summed E-state index contributed by atoms with van der Waals surface area (Å²) in [7, 11) is 0.